The molecule has 0 saturated carbocycles. The van der Waals surface area contributed by atoms with Crippen LogP contribution in [0, 0.1) is 13.8 Å². The minimum atomic E-state index is -0.364. The number of para-hydroxylation sites is 1. The van der Waals surface area contributed by atoms with Gasteiger partial charge in [0.25, 0.3) is 0 Å². The zero-order chi connectivity index (χ0) is 13.8. The first-order valence-corrected chi connectivity index (χ1v) is 6.04. The third-order valence-electron chi connectivity index (χ3n) is 2.83. The number of benzene rings is 1. The van der Waals surface area contributed by atoms with Crippen LogP contribution >= 0.6 is 0 Å². The lowest BCUT2D eigenvalue weighted by Gasteiger charge is -2.05. The first kappa shape index (κ1) is 13.1. The van der Waals surface area contributed by atoms with Crippen LogP contribution in [0.3, 0.4) is 0 Å². The molecule has 0 fully saturated rings. The average Bonchev–Trinajstić information content (AvgIpc) is 2.72. The third kappa shape index (κ3) is 2.57. The van der Waals surface area contributed by atoms with Crippen LogP contribution in [0.4, 0.5) is 0 Å². The van der Waals surface area contributed by atoms with E-state index in [1.807, 2.05) is 37.3 Å². The lowest BCUT2D eigenvalue weighted by molar-refractivity contribution is 0.0548. The Morgan fingerprint density at radius 3 is 2.68 bits per heavy atom. The molecule has 0 bridgehead atoms. The second kappa shape index (κ2) is 5.52. The number of carbonyl (C=O) groups is 1. The van der Waals surface area contributed by atoms with Gasteiger partial charge in [-0.3, -0.25) is 0 Å². The van der Waals surface area contributed by atoms with E-state index >= 15 is 0 Å². The molecule has 2 aromatic rings. The van der Waals surface area contributed by atoms with E-state index in [0.29, 0.717) is 11.3 Å². The summed E-state index contributed by atoms with van der Waals surface area (Å²) in [5.74, 6) is -0.364. The molecule has 4 heteroatoms. The summed E-state index contributed by atoms with van der Waals surface area (Å²) in [4.78, 5) is 12.0. The number of hydrogen-bond acceptors (Lipinski definition) is 3. The van der Waals surface area contributed by atoms with Gasteiger partial charge in [-0.25, -0.2) is 9.48 Å². The maximum absolute atomic E-state index is 12.0. The lowest BCUT2D eigenvalue weighted by Crippen LogP contribution is -2.08. The van der Waals surface area contributed by atoms with Crippen LogP contribution in [0.1, 0.15) is 21.7 Å². The van der Waals surface area contributed by atoms with E-state index < -0.39 is 0 Å². The van der Waals surface area contributed by atoms with Gasteiger partial charge >= 0.3 is 5.97 Å². The Morgan fingerprint density at radius 2 is 2.05 bits per heavy atom. The highest BCUT2D eigenvalue weighted by molar-refractivity contribution is 5.92. The standard InChI is InChI=1S/C15H16N2O2/c1-4-10-19-15(18)14-11(2)16-17(12(14)3)13-8-6-5-7-9-13/h4-9H,1,10H2,2-3H3. The summed E-state index contributed by atoms with van der Waals surface area (Å²) >= 11 is 0. The molecule has 19 heavy (non-hydrogen) atoms. The van der Waals surface area contributed by atoms with E-state index in [1.165, 1.54) is 0 Å². The summed E-state index contributed by atoms with van der Waals surface area (Å²) in [5.41, 5.74) is 2.88. The Labute approximate surface area is 112 Å². The quantitative estimate of drug-likeness (QED) is 0.624. The van der Waals surface area contributed by atoms with Crippen LogP contribution in [0.5, 0.6) is 0 Å². The molecule has 2 rings (SSSR count). The fourth-order valence-corrected chi connectivity index (χ4v) is 1.97. The number of rotatable bonds is 4. The zero-order valence-corrected chi connectivity index (χ0v) is 11.1. The Kier molecular flexibility index (Phi) is 3.80. The lowest BCUT2D eigenvalue weighted by atomic mass is 10.2. The van der Waals surface area contributed by atoms with Gasteiger partial charge < -0.3 is 4.74 Å². The Hall–Kier alpha value is -2.36. The molecular weight excluding hydrogens is 240 g/mol. The molecule has 0 radical (unpaired) electrons. The average molecular weight is 256 g/mol. The summed E-state index contributed by atoms with van der Waals surface area (Å²) in [6.45, 7) is 7.39. The van der Waals surface area contributed by atoms with Crippen LogP contribution in [0.15, 0.2) is 43.0 Å². The predicted molar refractivity (Wildman–Crippen MR) is 73.5 cm³/mol. The van der Waals surface area contributed by atoms with E-state index in [4.69, 9.17) is 4.74 Å². The van der Waals surface area contributed by atoms with Crippen molar-refractivity contribution in [1.29, 1.82) is 0 Å². The van der Waals surface area contributed by atoms with Crippen molar-refractivity contribution in [3.63, 3.8) is 0 Å². The molecule has 1 aromatic carbocycles. The number of esters is 1. The topological polar surface area (TPSA) is 44.1 Å². The van der Waals surface area contributed by atoms with E-state index in [-0.39, 0.29) is 12.6 Å². The van der Waals surface area contributed by atoms with Gasteiger partial charge in [-0.05, 0) is 26.0 Å². The van der Waals surface area contributed by atoms with Gasteiger partial charge in [-0.15, -0.1) is 0 Å². The Morgan fingerprint density at radius 1 is 1.37 bits per heavy atom. The van der Waals surface area contributed by atoms with E-state index in [9.17, 15) is 4.79 Å². The van der Waals surface area contributed by atoms with Crippen LogP contribution in [-0.4, -0.2) is 22.4 Å². The molecular formula is C15H16N2O2. The summed E-state index contributed by atoms with van der Waals surface area (Å²) in [5, 5.41) is 4.40. The van der Waals surface area contributed by atoms with E-state index in [0.717, 1.165) is 11.4 Å². The minimum Gasteiger partial charge on any atom is -0.458 e. The van der Waals surface area contributed by atoms with E-state index in [2.05, 4.69) is 11.7 Å². The largest absolute Gasteiger partial charge is 0.458 e. The van der Waals surface area contributed by atoms with Gasteiger partial charge in [0.05, 0.1) is 17.1 Å². The van der Waals surface area contributed by atoms with Gasteiger partial charge in [0, 0.05) is 0 Å². The van der Waals surface area contributed by atoms with Crippen LogP contribution in [0.2, 0.25) is 0 Å². The van der Waals surface area contributed by atoms with Gasteiger partial charge in [-0.1, -0.05) is 30.9 Å². The predicted octanol–water partition coefficient (Wildman–Crippen LogP) is 2.83. The molecule has 0 spiro atoms. The molecule has 98 valence electrons. The molecule has 0 aliphatic heterocycles. The Balaban J connectivity index is 2.40. The molecule has 1 aromatic heterocycles. The molecule has 0 atom stereocenters. The van der Waals surface area contributed by atoms with Crippen molar-refractivity contribution in [2.45, 2.75) is 13.8 Å². The highest BCUT2D eigenvalue weighted by Crippen LogP contribution is 2.18. The molecule has 4 nitrogen and oxygen atoms in total. The third-order valence-corrected chi connectivity index (χ3v) is 2.83. The van der Waals surface area contributed by atoms with Crippen LogP contribution in [0.25, 0.3) is 5.69 Å². The normalized spacial score (nSPS) is 10.2. The summed E-state index contributed by atoms with van der Waals surface area (Å²) in [6.07, 6.45) is 1.55. The van der Waals surface area contributed by atoms with Crippen molar-refractivity contribution < 1.29 is 9.53 Å². The second-order valence-electron chi connectivity index (χ2n) is 4.18. The summed E-state index contributed by atoms with van der Waals surface area (Å²) in [7, 11) is 0. The molecule has 1 heterocycles. The highest BCUT2D eigenvalue weighted by Gasteiger charge is 2.20. The highest BCUT2D eigenvalue weighted by atomic mass is 16.5. The van der Waals surface area contributed by atoms with Crippen molar-refractivity contribution in [2.75, 3.05) is 6.61 Å². The molecule has 0 unspecified atom stereocenters. The number of hydrogen-bond donors (Lipinski definition) is 0. The number of aromatic nitrogens is 2. The first-order valence-electron chi connectivity index (χ1n) is 6.04. The molecule has 0 aliphatic carbocycles. The number of nitrogens with zero attached hydrogens (tertiary/aromatic N) is 2. The zero-order valence-electron chi connectivity index (χ0n) is 11.1. The van der Waals surface area contributed by atoms with Crippen LogP contribution in [-0.2, 0) is 4.74 Å². The van der Waals surface area contributed by atoms with E-state index in [1.54, 1.807) is 17.7 Å². The van der Waals surface area contributed by atoms with Crippen molar-refractivity contribution in [1.82, 2.24) is 9.78 Å². The molecule has 0 N–H and O–H groups in total. The summed E-state index contributed by atoms with van der Waals surface area (Å²) < 4.78 is 6.83. The van der Waals surface area contributed by atoms with Crippen LogP contribution < -0.4 is 0 Å². The van der Waals surface area contributed by atoms with Crippen molar-refractivity contribution in [3.8, 4) is 5.69 Å². The first-order chi connectivity index (χ1) is 9.15. The second-order valence-corrected chi connectivity index (χ2v) is 4.18. The van der Waals surface area contributed by atoms with Gasteiger partial charge in [-0.2, -0.15) is 5.10 Å². The number of carbonyl (C=O) groups excluding carboxylic acids is 1. The minimum absolute atomic E-state index is 0.203. The van der Waals surface area contributed by atoms with Crippen molar-refractivity contribution >= 4 is 5.97 Å². The Bertz CT molecular complexity index is 600. The fraction of sp³-hybridized carbons (Fsp3) is 0.200. The van der Waals surface area contributed by atoms with Crippen molar-refractivity contribution in [3.05, 3.63) is 59.9 Å². The molecule has 0 saturated heterocycles. The molecule has 0 amide bonds. The number of aryl methyl sites for hydroxylation is 1. The maximum Gasteiger partial charge on any atom is 0.342 e. The monoisotopic (exact) mass is 256 g/mol. The van der Waals surface area contributed by atoms with Gasteiger partial charge in [0.15, 0.2) is 0 Å². The van der Waals surface area contributed by atoms with Crippen molar-refractivity contribution in [2.24, 2.45) is 0 Å². The number of ether oxygens (including phenoxy) is 1. The molecule has 0 aliphatic rings. The SMILES string of the molecule is C=CCOC(=O)c1c(C)nn(-c2ccccc2)c1C. The smallest absolute Gasteiger partial charge is 0.342 e. The fourth-order valence-electron chi connectivity index (χ4n) is 1.97. The summed E-state index contributed by atoms with van der Waals surface area (Å²) in [6, 6.07) is 9.69. The van der Waals surface area contributed by atoms with Gasteiger partial charge in [0.2, 0.25) is 0 Å². The van der Waals surface area contributed by atoms with Gasteiger partial charge in [0.1, 0.15) is 12.2 Å². The maximum atomic E-state index is 12.0.